The number of fused-ring (bicyclic) bond motifs is 2. The predicted octanol–water partition coefficient (Wildman–Crippen LogP) is 10.2. The molecule has 42 heavy (non-hydrogen) atoms. The molecule has 6 aromatic rings. The number of anilines is 2. The monoisotopic (exact) mass is 563 g/mol. The molecule has 0 bridgehead atoms. The van der Waals surface area contributed by atoms with Crippen LogP contribution in [0.2, 0.25) is 0 Å². The first-order valence-electron chi connectivity index (χ1n) is 14.3. The topological polar surface area (TPSA) is 20.3 Å². The van der Waals surface area contributed by atoms with Gasteiger partial charge in [-0.05, 0) is 70.7 Å². The van der Waals surface area contributed by atoms with Gasteiger partial charge >= 0.3 is 5.89 Å². The Morgan fingerprint density at radius 2 is 1.36 bits per heavy atom. The first-order chi connectivity index (χ1) is 20.7. The van der Waals surface area contributed by atoms with Crippen LogP contribution < -0.4 is 9.47 Å². The second-order valence-corrected chi connectivity index (χ2v) is 11.5. The highest BCUT2D eigenvalue weighted by Gasteiger charge is 2.27. The molecule has 0 atom stereocenters. The number of rotatable bonds is 6. The average Bonchev–Trinajstić information content (AvgIpc) is 3.57. The number of nitrogens with zero attached hydrogens (tertiary/aromatic N) is 2. The van der Waals surface area contributed by atoms with E-state index in [4.69, 9.17) is 4.42 Å². The Bertz CT molecular complexity index is 1940. The van der Waals surface area contributed by atoms with Gasteiger partial charge in [-0.1, -0.05) is 110 Å². The number of aryl methyl sites for hydroxylation is 1. The normalized spacial score (nSPS) is 14.1. The van der Waals surface area contributed by atoms with Gasteiger partial charge in [0.1, 0.15) is 7.05 Å². The fourth-order valence-corrected chi connectivity index (χ4v) is 6.59. The summed E-state index contributed by atoms with van der Waals surface area (Å²) in [5.74, 6) is 0.835. The number of oxazole rings is 1. The lowest BCUT2D eigenvalue weighted by atomic mass is 10.0. The molecule has 0 fully saturated rings. The molecule has 2 heterocycles. The largest absolute Gasteiger partial charge is 0.398 e. The van der Waals surface area contributed by atoms with Gasteiger partial charge in [-0.2, -0.15) is 4.57 Å². The third-order valence-electron chi connectivity index (χ3n) is 7.75. The van der Waals surface area contributed by atoms with E-state index in [0.717, 1.165) is 29.1 Å². The Balaban J connectivity index is 1.28. The fraction of sp³-hybridized carbons (Fsp3) is 0.0789. The van der Waals surface area contributed by atoms with Crippen molar-refractivity contribution in [3.8, 4) is 22.3 Å². The molecule has 3 nitrogen and oxygen atoms in total. The predicted molar refractivity (Wildman–Crippen MR) is 175 cm³/mol. The van der Waals surface area contributed by atoms with Crippen molar-refractivity contribution in [2.24, 2.45) is 7.05 Å². The van der Waals surface area contributed by atoms with E-state index in [2.05, 4.69) is 157 Å². The molecule has 0 saturated carbocycles. The van der Waals surface area contributed by atoms with Crippen molar-refractivity contribution in [3.63, 3.8) is 0 Å². The average molecular weight is 564 g/mol. The SMILES string of the molecule is CCC(=Cc1oc2ccc(-c3ccccc3)cc2[n+]1C)C=C1Sc2ccc(-c3ccccc3)cc2N1c1ccccc1. The standard InChI is InChI=1S/C38H31N2OS/c1-3-27(23-37-39(2)33-25-30(19-21-35(33)41-37)28-13-7-4-8-14-28)24-38-40(32-17-11-6-12-18-32)34-26-31(20-22-36(34)42-38)29-15-9-5-10-16-29/h4-26H,3H2,1-2H3/q+1. The van der Waals surface area contributed by atoms with Crippen LogP contribution in [0.4, 0.5) is 11.4 Å². The summed E-state index contributed by atoms with van der Waals surface area (Å²) in [5.41, 5.74) is 10.3. The second-order valence-electron chi connectivity index (χ2n) is 10.4. The molecule has 5 aromatic carbocycles. The molecule has 1 aliphatic heterocycles. The number of hydrogen-bond donors (Lipinski definition) is 0. The molecule has 0 N–H and O–H groups in total. The van der Waals surface area contributed by atoms with Gasteiger partial charge in [0.2, 0.25) is 5.58 Å². The van der Waals surface area contributed by atoms with Gasteiger partial charge in [0.25, 0.3) is 5.52 Å². The van der Waals surface area contributed by atoms with E-state index < -0.39 is 0 Å². The van der Waals surface area contributed by atoms with Gasteiger partial charge in [0, 0.05) is 16.6 Å². The number of thioether (sulfide) groups is 1. The molecule has 0 amide bonds. The van der Waals surface area contributed by atoms with Crippen LogP contribution in [0.1, 0.15) is 19.2 Å². The summed E-state index contributed by atoms with van der Waals surface area (Å²) in [4.78, 5) is 3.63. The lowest BCUT2D eigenvalue weighted by Gasteiger charge is -2.21. The molecule has 1 aliphatic rings. The summed E-state index contributed by atoms with van der Waals surface area (Å²) in [5, 5.41) is 1.18. The van der Waals surface area contributed by atoms with Crippen molar-refractivity contribution in [1.29, 1.82) is 0 Å². The van der Waals surface area contributed by atoms with Crippen molar-refractivity contribution in [3.05, 3.63) is 150 Å². The van der Waals surface area contributed by atoms with E-state index in [0.29, 0.717) is 0 Å². The number of aromatic nitrogens is 1. The maximum Gasteiger partial charge on any atom is 0.374 e. The maximum absolute atomic E-state index is 6.36. The zero-order chi connectivity index (χ0) is 28.5. The molecule has 0 aliphatic carbocycles. The highest BCUT2D eigenvalue weighted by Crippen LogP contribution is 2.51. The van der Waals surface area contributed by atoms with E-state index in [1.54, 1.807) is 0 Å². The first kappa shape index (κ1) is 26.1. The first-order valence-corrected chi connectivity index (χ1v) is 15.1. The van der Waals surface area contributed by atoms with Crippen LogP contribution in [0.3, 0.4) is 0 Å². The van der Waals surface area contributed by atoms with Crippen molar-refractivity contribution < 1.29 is 8.98 Å². The Morgan fingerprint density at radius 1 is 0.738 bits per heavy atom. The molecular weight excluding hydrogens is 532 g/mol. The van der Waals surface area contributed by atoms with Crippen LogP contribution in [-0.4, -0.2) is 0 Å². The van der Waals surface area contributed by atoms with Gasteiger partial charge in [-0.3, -0.25) is 0 Å². The van der Waals surface area contributed by atoms with Crippen LogP contribution >= 0.6 is 11.8 Å². The summed E-state index contributed by atoms with van der Waals surface area (Å²) in [7, 11) is 2.08. The molecule has 0 radical (unpaired) electrons. The third-order valence-corrected chi connectivity index (χ3v) is 8.83. The summed E-state index contributed by atoms with van der Waals surface area (Å²) < 4.78 is 8.51. The molecule has 7 rings (SSSR count). The van der Waals surface area contributed by atoms with E-state index in [1.807, 2.05) is 17.8 Å². The third kappa shape index (κ3) is 4.95. The number of para-hydroxylation sites is 1. The summed E-state index contributed by atoms with van der Waals surface area (Å²) >= 11 is 1.81. The van der Waals surface area contributed by atoms with E-state index in [9.17, 15) is 0 Å². The van der Waals surface area contributed by atoms with E-state index >= 15 is 0 Å². The molecule has 0 unspecified atom stereocenters. The highest BCUT2D eigenvalue weighted by atomic mass is 32.2. The quantitative estimate of drug-likeness (QED) is 0.188. The van der Waals surface area contributed by atoms with Crippen LogP contribution in [0.15, 0.2) is 153 Å². The summed E-state index contributed by atoms with van der Waals surface area (Å²) in [6, 6.07) is 44.9. The smallest absolute Gasteiger partial charge is 0.374 e. The molecule has 1 aromatic heterocycles. The van der Waals surface area contributed by atoms with Crippen molar-refractivity contribution in [1.82, 2.24) is 0 Å². The minimum absolute atomic E-state index is 0.835. The van der Waals surface area contributed by atoms with Crippen LogP contribution in [0.25, 0.3) is 39.4 Å². The Labute approximate surface area is 251 Å². The number of hydrogen-bond acceptors (Lipinski definition) is 3. The second kappa shape index (κ2) is 11.2. The van der Waals surface area contributed by atoms with Crippen molar-refractivity contribution in [2.45, 2.75) is 18.2 Å². The van der Waals surface area contributed by atoms with Gasteiger partial charge in [-0.15, -0.1) is 0 Å². The van der Waals surface area contributed by atoms with Gasteiger partial charge in [0.05, 0.1) is 16.8 Å². The van der Waals surface area contributed by atoms with Gasteiger partial charge < -0.3 is 9.32 Å². The fourth-order valence-electron chi connectivity index (χ4n) is 5.47. The van der Waals surface area contributed by atoms with Crippen molar-refractivity contribution >= 4 is 40.3 Å². The molecule has 204 valence electrons. The lowest BCUT2D eigenvalue weighted by molar-refractivity contribution is -0.652. The lowest BCUT2D eigenvalue weighted by Crippen LogP contribution is -2.29. The summed E-state index contributed by atoms with van der Waals surface area (Å²) in [6.45, 7) is 2.20. The molecular formula is C38H31N2OS+. The molecule has 0 saturated heterocycles. The van der Waals surface area contributed by atoms with Crippen LogP contribution in [0.5, 0.6) is 0 Å². The number of allylic oxidation sites excluding steroid dienone is 2. The van der Waals surface area contributed by atoms with Crippen LogP contribution in [0, 0.1) is 0 Å². The Hall–Kier alpha value is -4.80. The van der Waals surface area contributed by atoms with Crippen LogP contribution in [-0.2, 0) is 7.05 Å². The zero-order valence-electron chi connectivity index (χ0n) is 23.7. The maximum atomic E-state index is 6.36. The number of benzene rings is 5. The zero-order valence-corrected chi connectivity index (χ0v) is 24.5. The highest BCUT2D eigenvalue weighted by molar-refractivity contribution is 8.03. The van der Waals surface area contributed by atoms with Crippen molar-refractivity contribution in [2.75, 3.05) is 4.90 Å². The van der Waals surface area contributed by atoms with E-state index in [-0.39, 0.29) is 0 Å². The van der Waals surface area contributed by atoms with E-state index in [1.165, 1.54) is 43.4 Å². The van der Waals surface area contributed by atoms with Gasteiger partial charge in [-0.25, -0.2) is 0 Å². The molecule has 4 heteroatoms. The molecule has 0 spiro atoms. The van der Waals surface area contributed by atoms with Gasteiger partial charge in [0.15, 0.2) is 0 Å². The summed E-state index contributed by atoms with van der Waals surface area (Å²) in [6.07, 6.45) is 5.37. The minimum atomic E-state index is 0.835. The minimum Gasteiger partial charge on any atom is -0.398 e. The Morgan fingerprint density at radius 3 is 2.02 bits per heavy atom. The Kier molecular flexibility index (Phi) is 6.98.